The standard InChI is InChI=1S/C25H30ClFN2/c1-28-13-14-29(17-25(28)11-3-2-4-12-25)24-16-22(18-5-8-20(27)9-6-18)21-10-7-19(26)15-23(21)24/h5-10,15,22,24H,2-4,11-14,16-17H2,1H3/t22-,24+/m0/s1. The Kier molecular flexibility index (Phi) is 5.18. The number of nitrogens with zero attached hydrogens (tertiary/aromatic N) is 2. The summed E-state index contributed by atoms with van der Waals surface area (Å²) in [7, 11) is 2.32. The molecule has 1 saturated carbocycles. The normalized spacial score (nSPS) is 27.3. The molecule has 5 rings (SSSR count). The molecule has 3 aliphatic rings. The minimum absolute atomic E-state index is 0.169. The van der Waals surface area contributed by atoms with E-state index in [4.69, 9.17) is 11.6 Å². The average molecular weight is 413 g/mol. The number of fused-ring (bicyclic) bond motifs is 1. The van der Waals surface area contributed by atoms with Crippen molar-refractivity contribution >= 4 is 11.6 Å². The fourth-order valence-electron chi connectivity index (χ4n) is 6.09. The van der Waals surface area contributed by atoms with Gasteiger partial charge in [-0.15, -0.1) is 0 Å². The molecule has 2 fully saturated rings. The number of piperazine rings is 1. The molecule has 1 aliphatic heterocycles. The zero-order valence-corrected chi connectivity index (χ0v) is 18.0. The van der Waals surface area contributed by atoms with Crippen LogP contribution in [-0.2, 0) is 0 Å². The van der Waals surface area contributed by atoms with E-state index in [1.54, 1.807) is 12.1 Å². The van der Waals surface area contributed by atoms with Crippen molar-refractivity contribution in [1.82, 2.24) is 9.80 Å². The molecule has 0 unspecified atom stereocenters. The van der Waals surface area contributed by atoms with Crippen LogP contribution in [0.15, 0.2) is 42.5 Å². The molecule has 1 saturated heterocycles. The smallest absolute Gasteiger partial charge is 0.123 e. The molecule has 2 nitrogen and oxygen atoms in total. The molecule has 29 heavy (non-hydrogen) atoms. The van der Waals surface area contributed by atoms with Crippen molar-refractivity contribution in [3.8, 4) is 0 Å². The second-order valence-corrected chi connectivity index (χ2v) is 9.74. The van der Waals surface area contributed by atoms with Crippen LogP contribution in [0.3, 0.4) is 0 Å². The van der Waals surface area contributed by atoms with E-state index < -0.39 is 0 Å². The topological polar surface area (TPSA) is 6.48 Å². The maximum atomic E-state index is 13.5. The van der Waals surface area contributed by atoms with Gasteiger partial charge < -0.3 is 0 Å². The van der Waals surface area contributed by atoms with Crippen LogP contribution in [0.4, 0.5) is 4.39 Å². The van der Waals surface area contributed by atoms with E-state index in [1.807, 2.05) is 18.2 Å². The van der Waals surface area contributed by atoms with Crippen molar-refractivity contribution in [3.05, 3.63) is 70.0 Å². The molecular formula is C25H30ClFN2. The van der Waals surface area contributed by atoms with E-state index in [2.05, 4.69) is 29.0 Å². The van der Waals surface area contributed by atoms with Crippen molar-refractivity contribution < 1.29 is 4.39 Å². The lowest BCUT2D eigenvalue weighted by Crippen LogP contribution is -2.61. The lowest BCUT2D eigenvalue weighted by molar-refractivity contribution is -0.0267. The van der Waals surface area contributed by atoms with Gasteiger partial charge >= 0.3 is 0 Å². The molecule has 2 atom stereocenters. The third-order valence-electron chi connectivity index (χ3n) is 7.77. The number of benzene rings is 2. The largest absolute Gasteiger partial charge is 0.298 e. The SMILES string of the molecule is CN1CCN([C@@H]2C[C@@H](c3ccc(F)cc3)c3ccc(Cl)cc32)CC12CCCCC2. The number of hydrogen-bond acceptors (Lipinski definition) is 2. The minimum atomic E-state index is -0.169. The maximum absolute atomic E-state index is 13.5. The molecule has 0 amide bonds. The Labute approximate surface area is 178 Å². The van der Waals surface area contributed by atoms with Crippen LogP contribution in [0, 0.1) is 5.82 Å². The first-order chi connectivity index (χ1) is 14.1. The van der Waals surface area contributed by atoms with Gasteiger partial charge in [-0.1, -0.05) is 49.1 Å². The third-order valence-corrected chi connectivity index (χ3v) is 8.00. The molecule has 2 aliphatic carbocycles. The molecule has 1 spiro atoms. The Balaban J connectivity index is 1.47. The number of hydrogen-bond donors (Lipinski definition) is 0. The summed E-state index contributed by atoms with van der Waals surface area (Å²) in [5, 5.41) is 0.815. The quantitative estimate of drug-likeness (QED) is 0.596. The third kappa shape index (κ3) is 3.52. The van der Waals surface area contributed by atoms with Gasteiger partial charge in [0.05, 0.1) is 0 Å². The molecule has 154 valence electrons. The van der Waals surface area contributed by atoms with Crippen molar-refractivity contribution in [2.45, 2.75) is 56.0 Å². The van der Waals surface area contributed by atoms with Gasteiger partial charge in [0.15, 0.2) is 0 Å². The van der Waals surface area contributed by atoms with Gasteiger partial charge in [-0.05, 0) is 67.3 Å². The number of halogens is 2. The van der Waals surface area contributed by atoms with Gasteiger partial charge in [0.25, 0.3) is 0 Å². The van der Waals surface area contributed by atoms with Crippen molar-refractivity contribution in [2.24, 2.45) is 0 Å². The first-order valence-electron chi connectivity index (χ1n) is 11.1. The van der Waals surface area contributed by atoms with E-state index in [0.29, 0.717) is 17.5 Å². The Hall–Kier alpha value is -1.42. The Morgan fingerprint density at radius 3 is 2.48 bits per heavy atom. The second-order valence-electron chi connectivity index (χ2n) is 9.31. The molecule has 0 aromatic heterocycles. The molecule has 0 radical (unpaired) electrons. The van der Waals surface area contributed by atoms with Crippen LogP contribution in [0.1, 0.15) is 67.2 Å². The zero-order valence-electron chi connectivity index (χ0n) is 17.2. The van der Waals surface area contributed by atoms with Crippen LogP contribution in [0.2, 0.25) is 5.02 Å². The van der Waals surface area contributed by atoms with Gasteiger partial charge in [-0.2, -0.15) is 0 Å². The monoisotopic (exact) mass is 412 g/mol. The maximum Gasteiger partial charge on any atom is 0.123 e. The summed E-state index contributed by atoms with van der Waals surface area (Å²) in [4.78, 5) is 5.36. The van der Waals surface area contributed by atoms with Gasteiger partial charge in [0, 0.05) is 42.2 Å². The van der Waals surface area contributed by atoms with E-state index in [0.717, 1.165) is 31.1 Å². The van der Waals surface area contributed by atoms with Crippen LogP contribution in [0.5, 0.6) is 0 Å². The summed E-state index contributed by atoms with van der Waals surface area (Å²) in [6.07, 6.45) is 7.77. The number of rotatable bonds is 2. The summed E-state index contributed by atoms with van der Waals surface area (Å²) in [6, 6.07) is 13.9. The first-order valence-corrected chi connectivity index (χ1v) is 11.4. The second kappa shape index (κ2) is 7.68. The fourth-order valence-corrected chi connectivity index (χ4v) is 6.27. The van der Waals surface area contributed by atoms with Crippen LogP contribution < -0.4 is 0 Å². The molecule has 2 aromatic carbocycles. The van der Waals surface area contributed by atoms with E-state index in [1.165, 1.54) is 48.8 Å². The van der Waals surface area contributed by atoms with E-state index >= 15 is 0 Å². The molecule has 4 heteroatoms. The zero-order chi connectivity index (χ0) is 20.0. The molecule has 1 heterocycles. The highest BCUT2D eigenvalue weighted by Crippen LogP contribution is 2.49. The molecule has 0 bridgehead atoms. The highest BCUT2D eigenvalue weighted by Gasteiger charge is 2.44. The van der Waals surface area contributed by atoms with Gasteiger partial charge in [0.2, 0.25) is 0 Å². The summed E-state index contributed by atoms with van der Waals surface area (Å²) in [6.45, 7) is 3.38. The Morgan fingerprint density at radius 2 is 1.72 bits per heavy atom. The molecule has 0 N–H and O–H groups in total. The average Bonchev–Trinajstić information content (AvgIpc) is 3.10. The van der Waals surface area contributed by atoms with Crippen molar-refractivity contribution in [3.63, 3.8) is 0 Å². The predicted octanol–water partition coefficient (Wildman–Crippen LogP) is 6.01. The fraction of sp³-hybridized carbons (Fsp3) is 0.520. The first kappa shape index (κ1) is 19.5. The van der Waals surface area contributed by atoms with Crippen LogP contribution >= 0.6 is 11.6 Å². The summed E-state index contributed by atoms with van der Waals surface area (Å²) in [5.41, 5.74) is 4.28. The van der Waals surface area contributed by atoms with Gasteiger partial charge in [-0.3, -0.25) is 9.80 Å². The van der Waals surface area contributed by atoms with E-state index in [9.17, 15) is 4.39 Å². The van der Waals surface area contributed by atoms with Crippen LogP contribution in [0.25, 0.3) is 0 Å². The van der Waals surface area contributed by atoms with Gasteiger partial charge in [-0.25, -0.2) is 4.39 Å². The van der Waals surface area contributed by atoms with E-state index in [-0.39, 0.29) is 5.82 Å². The van der Waals surface area contributed by atoms with Gasteiger partial charge in [0.1, 0.15) is 5.82 Å². The highest BCUT2D eigenvalue weighted by atomic mass is 35.5. The van der Waals surface area contributed by atoms with Crippen LogP contribution in [-0.4, -0.2) is 42.0 Å². The summed E-state index contributed by atoms with van der Waals surface area (Å²) < 4.78 is 13.5. The summed E-state index contributed by atoms with van der Waals surface area (Å²) in [5.74, 6) is 0.146. The molecule has 2 aromatic rings. The highest BCUT2D eigenvalue weighted by molar-refractivity contribution is 6.30. The lowest BCUT2D eigenvalue weighted by atomic mass is 9.78. The minimum Gasteiger partial charge on any atom is -0.298 e. The van der Waals surface area contributed by atoms with Crippen molar-refractivity contribution in [2.75, 3.05) is 26.7 Å². The summed E-state index contributed by atoms with van der Waals surface area (Å²) >= 11 is 6.43. The van der Waals surface area contributed by atoms with Crippen molar-refractivity contribution in [1.29, 1.82) is 0 Å². The number of likely N-dealkylation sites (N-methyl/N-ethyl adjacent to an activating group) is 1. The lowest BCUT2D eigenvalue weighted by Gasteiger charge is -2.53. The predicted molar refractivity (Wildman–Crippen MR) is 117 cm³/mol. The Bertz CT molecular complexity index is 875. The Morgan fingerprint density at radius 1 is 0.966 bits per heavy atom. The molecular weight excluding hydrogens is 383 g/mol.